The highest BCUT2D eigenvalue weighted by Crippen LogP contribution is 2.28. The Hall–Kier alpha value is -1.58. The lowest BCUT2D eigenvalue weighted by molar-refractivity contribution is 0.525. The van der Waals surface area contributed by atoms with Gasteiger partial charge in [0.05, 0.1) is 6.04 Å². The first-order valence-electron chi connectivity index (χ1n) is 7.21. The summed E-state index contributed by atoms with van der Waals surface area (Å²) in [6.07, 6.45) is 2.26. The minimum atomic E-state index is -0.230. The molecule has 2 N–H and O–H groups in total. The third-order valence-corrected chi connectivity index (χ3v) is 4.17. The van der Waals surface area contributed by atoms with Crippen LogP contribution >= 0.6 is 15.9 Å². The van der Waals surface area contributed by atoms with Crippen molar-refractivity contribution in [2.24, 2.45) is 5.73 Å². The van der Waals surface area contributed by atoms with Gasteiger partial charge in [0, 0.05) is 9.86 Å². The van der Waals surface area contributed by atoms with Crippen LogP contribution in [-0.4, -0.2) is 0 Å². The van der Waals surface area contributed by atoms with E-state index in [-0.39, 0.29) is 6.04 Å². The summed E-state index contributed by atoms with van der Waals surface area (Å²) in [6.45, 7) is 2.19. The van der Waals surface area contributed by atoms with Gasteiger partial charge in [0.1, 0.15) is 11.3 Å². The predicted octanol–water partition coefficient (Wildman–Crippen LogP) is 5.20. The molecule has 2 nitrogen and oxygen atoms in total. The molecule has 0 bridgehead atoms. The molecule has 0 aliphatic rings. The fourth-order valence-electron chi connectivity index (χ4n) is 2.53. The highest BCUT2D eigenvalue weighted by atomic mass is 79.9. The van der Waals surface area contributed by atoms with Crippen molar-refractivity contribution in [3.05, 3.63) is 69.9 Å². The predicted molar refractivity (Wildman–Crippen MR) is 90.4 cm³/mol. The third-order valence-electron chi connectivity index (χ3n) is 3.68. The normalized spacial score (nSPS) is 12.7. The van der Waals surface area contributed by atoms with Crippen LogP contribution in [0.4, 0.5) is 0 Å². The van der Waals surface area contributed by atoms with E-state index >= 15 is 0 Å². The summed E-state index contributed by atoms with van der Waals surface area (Å²) in [5.74, 6) is 0.798. The Bertz CT molecular complexity index is 746. The van der Waals surface area contributed by atoms with E-state index in [9.17, 15) is 0 Å². The second-order valence-corrected chi connectivity index (χ2v) is 6.22. The van der Waals surface area contributed by atoms with E-state index in [0.29, 0.717) is 0 Å². The molecule has 3 rings (SSSR count). The van der Waals surface area contributed by atoms with Crippen molar-refractivity contribution < 1.29 is 4.42 Å². The molecular formula is C18H18BrNO. The molecule has 0 aliphatic carbocycles. The molecule has 3 heteroatoms. The topological polar surface area (TPSA) is 39.2 Å². The molecule has 0 fully saturated rings. The number of aryl methyl sites for hydroxylation is 1. The van der Waals surface area contributed by atoms with Gasteiger partial charge in [-0.1, -0.05) is 53.5 Å². The highest BCUT2D eigenvalue weighted by molar-refractivity contribution is 9.10. The van der Waals surface area contributed by atoms with Gasteiger partial charge >= 0.3 is 0 Å². The molecule has 1 atom stereocenters. The Labute approximate surface area is 133 Å². The lowest BCUT2D eigenvalue weighted by Crippen LogP contribution is -2.10. The first-order valence-corrected chi connectivity index (χ1v) is 8.00. The Morgan fingerprint density at radius 3 is 2.57 bits per heavy atom. The molecule has 1 heterocycles. The molecule has 0 amide bonds. The minimum absolute atomic E-state index is 0.230. The van der Waals surface area contributed by atoms with Gasteiger partial charge < -0.3 is 10.2 Å². The largest absolute Gasteiger partial charge is 0.459 e. The molecule has 0 aliphatic heterocycles. The van der Waals surface area contributed by atoms with Gasteiger partial charge in [-0.05, 0) is 41.8 Å². The van der Waals surface area contributed by atoms with E-state index in [1.807, 2.05) is 24.3 Å². The van der Waals surface area contributed by atoms with Crippen LogP contribution in [0.1, 0.15) is 36.3 Å². The third kappa shape index (κ3) is 3.04. The summed E-state index contributed by atoms with van der Waals surface area (Å²) in [5.41, 5.74) is 9.63. The van der Waals surface area contributed by atoms with Gasteiger partial charge in [-0.2, -0.15) is 0 Å². The van der Waals surface area contributed by atoms with Crippen LogP contribution in [0, 0.1) is 0 Å². The average molecular weight is 344 g/mol. The number of hydrogen-bond acceptors (Lipinski definition) is 2. The van der Waals surface area contributed by atoms with Crippen LogP contribution in [0.2, 0.25) is 0 Å². The van der Waals surface area contributed by atoms with E-state index in [4.69, 9.17) is 10.2 Å². The molecule has 0 radical (unpaired) electrons. The van der Waals surface area contributed by atoms with Crippen LogP contribution < -0.4 is 5.73 Å². The van der Waals surface area contributed by atoms with Gasteiger partial charge in [-0.3, -0.25) is 0 Å². The monoisotopic (exact) mass is 343 g/mol. The maximum atomic E-state index is 6.34. The fourth-order valence-corrected chi connectivity index (χ4v) is 2.91. The van der Waals surface area contributed by atoms with E-state index in [1.165, 1.54) is 5.56 Å². The molecular weight excluding hydrogens is 326 g/mol. The van der Waals surface area contributed by atoms with Crippen LogP contribution in [0.5, 0.6) is 0 Å². The number of halogens is 1. The van der Waals surface area contributed by atoms with Gasteiger partial charge in [0.25, 0.3) is 0 Å². The Morgan fingerprint density at radius 1 is 1.10 bits per heavy atom. The van der Waals surface area contributed by atoms with Gasteiger partial charge in [0.15, 0.2) is 0 Å². The lowest BCUT2D eigenvalue weighted by atomic mass is 10.0. The van der Waals surface area contributed by atoms with Crippen molar-refractivity contribution in [1.29, 1.82) is 0 Å². The molecule has 0 saturated carbocycles. The van der Waals surface area contributed by atoms with E-state index in [1.54, 1.807) is 0 Å². The smallest absolute Gasteiger partial charge is 0.134 e. The maximum Gasteiger partial charge on any atom is 0.134 e. The van der Waals surface area contributed by atoms with Crippen molar-refractivity contribution in [3.63, 3.8) is 0 Å². The zero-order valence-electron chi connectivity index (χ0n) is 12.0. The second kappa shape index (κ2) is 6.04. The van der Waals surface area contributed by atoms with Crippen LogP contribution in [0.15, 0.2) is 57.4 Å². The molecule has 108 valence electrons. The second-order valence-electron chi connectivity index (χ2n) is 5.30. The summed E-state index contributed by atoms with van der Waals surface area (Å²) in [4.78, 5) is 0. The molecule has 1 unspecified atom stereocenters. The standard InChI is InChI=1S/C18H18BrNO/c1-2-3-12-4-6-13(7-5-12)18(20)17-11-14-10-15(19)8-9-16(14)21-17/h4-11,18H,2-3,20H2,1H3. The van der Waals surface area contributed by atoms with Crippen LogP contribution in [0.25, 0.3) is 11.0 Å². The van der Waals surface area contributed by atoms with E-state index < -0.39 is 0 Å². The van der Waals surface area contributed by atoms with Crippen LogP contribution in [-0.2, 0) is 6.42 Å². The van der Waals surface area contributed by atoms with Gasteiger partial charge in [0.2, 0.25) is 0 Å². The number of nitrogens with two attached hydrogens (primary N) is 1. The molecule has 2 aromatic carbocycles. The molecule has 0 saturated heterocycles. The maximum absolute atomic E-state index is 6.34. The quantitative estimate of drug-likeness (QED) is 0.707. The van der Waals surface area contributed by atoms with Gasteiger partial charge in [-0.25, -0.2) is 0 Å². The first kappa shape index (κ1) is 14.4. The molecule has 0 spiro atoms. The van der Waals surface area contributed by atoms with Crippen molar-refractivity contribution >= 4 is 26.9 Å². The Kier molecular flexibility index (Phi) is 4.13. The van der Waals surface area contributed by atoms with Crippen molar-refractivity contribution in [2.45, 2.75) is 25.8 Å². The number of benzene rings is 2. The summed E-state index contributed by atoms with van der Waals surface area (Å²) < 4.78 is 6.91. The molecule has 1 aromatic heterocycles. The van der Waals surface area contributed by atoms with E-state index in [0.717, 1.165) is 39.6 Å². The number of fused-ring (bicyclic) bond motifs is 1. The Morgan fingerprint density at radius 2 is 1.86 bits per heavy atom. The van der Waals surface area contributed by atoms with E-state index in [2.05, 4.69) is 47.1 Å². The van der Waals surface area contributed by atoms with Crippen LogP contribution in [0.3, 0.4) is 0 Å². The Balaban J connectivity index is 1.90. The highest BCUT2D eigenvalue weighted by Gasteiger charge is 2.14. The lowest BCUT2D eigenvalue weighted by Gasteiger charge is -2.09. The zero-order valence-corrected chi connectivity index (χ0v) is 13.6. The van der Waals surface area contributed by atoms with Crippen molar-refractivity contribution in [1.82, 2.24) is 0 Å². The number of rotatable bonds is 4. The summed E-state index contributed by atoms with van der Waals surface area (Å²) in [6, 6.07) is 16.3. The number of furan rings is 1. The SMILES string of the molecule is CCCc1ccc(C(N)c2cc3cc(Br)ccc3o2)cc1. The average Bonchev–Trinajstić information content (AvgIpc) is 2.90. The van der Waals surface area contributed by atoms with Crippen molar-refractivity contribution in [3.8, 4) is 0 Å². The zero-order chi connectivity index (χ0) is 14.8. The summed E-state index contributed by atoms with van der Waals surface area (Å²) in [7, 11) is 0. The summed E-state index contributed by atoms with van der Waals surface area (Å²) in [5, 5.41) is 1.07. The first-order chi connectivity index (χ1) is 10.2. The minimum Gasteiger partial charge on any atom is -0.459 e. The van der Waals surface area contributed by atoms with Crippen molar-refractivity contribution in [2.75, 3.05) is 0 Å². The molecule has 3 aromatic rings. The fraction of sp³-hybridized carbons (Fsp3) is 0.222. The number of hydrogen-bond donors (Lipinski definition) is 1. The van der Waals surface area contributed by atoms with Gasteiger partial charge in [-0.15, -0.1) is 0 Å². The summed E-state index contributed by atoms with van der Waals surface area (Å²) >= 11 is 3.47. The molecule has 21 heavy (non-hydrogen) atoms.